The molecule has 150 valence electrons. The Balaban J connectivity index is 0.00000280. The van der Waals surface area contributed by atoms with Crippen LogP contribution in [-0.4, -0.2) is 35.6 Å². The Morgan fingerprint density at radius 3 is 2.18 bits per heavy atom. The SMILES string of the molecule is Cl.O=C(O)[C@@H]1CCCN(CCCCC=C(c2ccccc2)c2ccccc2)C1. The number of aliphatic carboxylic acids is 1. The van der Waals surface area contributed by atoms with Gasteiger partial charge >= 0.3 is 5.97 Å². The molecule has 0 aliphatic carbocycles. The molecule has 0 saturated carbocycles. The lowest BCUT2D eigenvalue weighted by Gasteiger charge is -2.30. The standard InChI is InChI=1S/C24H29NO2.ClH/c26-24(27)22-15-10-18-25(19-22)17-9-3-8-16-23(20-11-4-1-5-12-20)21-13-6-2-7-14-21;/h1-2,4-7,11-14,16,22H,3,8-10,15,17-19H2,(H,26,27);1H/t22-;/m1./s1. The minimum absolute atomic E-state index is 0. The van der Waals surface area contributed by atoms with Crippen molar-refractivity contribution >= 4 is 23.9 Å². The van der Waals surface area contributed by atoms with Crippen molar-refractivity contribution in [3.05, 3.63) is 77.9 Å². The number of rotatable bonds is 8. The zero-order valence-corrected chi connectivity index (χ0v) is 17.1. The third kappa shape index (κ3) is 6.50. The Morgan fingerprint density at radius 2 is 1.61 bits per heavy atom. The van der Waals surface area contributed by atoms with Gasteiger partial charge in [0, 0.05) is 6.54 Å². The molecule has 1 aliphatic heterocycles. The number of nitrogens with zero attached hydrogens (tertiary/aromatic N) is 1. The number of allylic oxidation sites excluding steroid dienone is 1. The van der Waals surface area contributed by atoms with Crippen molar-refractivity contribution in [1.29, 1.82) is 0 Å². The number of unbranched alkanes of at least 4 members (excludes halogenated alkanes) is 2. The third-order valence-electron chi connectivity index (χ3n) is 5.30. The zero-order chi connectivity index (χ0) is 18.9. The normalized spacial score (nSPS) is 16.8. The van der Waals surface area contributed by atoms with Crippen molar-refractivity contribution in [2.24, 2.45) is 5.92 Å². The summed E-state index contributed by atoms with van der Waals surface area (Å²) in [6.07, 6.45) is 7.45. The molecular weight excluding hydrogens is 370 g/mol. The summed E-state index contributed by atoms with van der Waals surface area (Å²) in [4.78, 5) is 13.5. The van der Waals surface area contributed by atoms with E-state index >= 15 is 0 Å². The van der Waals surface area contributed by atoms with E-state index in [0.717, 1.165) is 45.2 Å². The number of halogens is 1. The van der Waals surface area contributed by atoms with Crippen LogP contribution in [0.2, 0.25) is 0 Å². The van der Waals surface area contributed by atoms with Gasteiger partial charge in [-0.05, 0) is 61.9 Å². The van der Waals surface area contributed by atoms with E-state index in [1.165, 1.54) is 16.7 Å². The Bertz CT molecular complexity index is 704. The lowest BCUT2D eigenvalue weighted by molar-refractivity contribution is -0.143. The highest BCUT2D eigenvalue weighted by Gasteiger charge is 2.24. The molecule has 0 bridgehead atoms. The maximum Gasteiger partial charge on any atom is 0.307 e. The van der Waals surface area contributed by atoms with Crippen molar-refractivity contribution in [3.63, 3.8) is 0 Å². The van der Waals surface area contributed by atoms with Crippen LogP contribution < -0.4 is 0 Å². The van der Waals surface area contributed by atoms with Gasteiger partial charge in [-0.25, -0.2) is 0 Å². The second kappa shape index (κ2) is 11.7. The van der Waals surface area contributed by atoms with Crippen LogP contribution >= 0.6 is 12.4 Å². The predicted molar refractivity (Wildman–Crippen MR) is 118 cm³/mol. The van der Waals surface area contributed by atoms with Crippen LogP contribution in [0.3, 0.4) is 0 Å². The van der Waals surface area contributed by atoms with Crippen molar-refractivity contribution in [2.45, 2.75) is 32.1 Å². The third-order valence-corrected chi connectivity index (χ3v) is 5.30. The van der Waals surface area contributed by atoms with Gasteiger partial charge in [-0.1, -0.05) is 66.7 Å². The highest BCUT2D eigenvalue weighted by molar-refractivity contribution is 5.85. The molecule has 1 heterocycles. The molecule has 1 atom stereocenters. The lowest BCUT2D eigenvalue weighted by atomic mass is 9.96. The Labute approximate surface area is 174 Å². The first-order valence-electron chi connectivity index (χ1n) is 10.00. The molecule has 0 amide bonds. The number of piperidine rings is 1. The van der Waals surface area contributed by atoms with E-state index in [1.807, 2.05) is 0 Å². The summed E-state index contributed by atoms with van der Waals surface area (Å²) in [7, 11) is 0. The molecule has 4 heteroatoms. The van der Waals surface area contributed by atoms with Gasteiger partial charge in [0.2, 0.25) is 0 Å². The number of hydrogen-bond donors (Lipinski definition) is 1. The maximum absolute atomic E-state index is 11.2. The van der Waals surface area contributed by atoms with Crippen LogP contribution in [0.4, 0.5) is 0 Å². The topological polar surface area (TPSA) is 40.5 Å². The molecule has 3 nitrogen and oxygen atoms in total. The predicted octanol–water partition coefficient (Wildman–Crippen LogP) is 5.51. The van der Waals surface area contributed by atoms with E-state index in [4.69, 9.17) is 0 Å². The van der Waals surface area contributed by atoms with Crippen molar-refractivity contribution in [1.82, 2.24) is 4.90 Å². The second-order valence-corrected chi connectivity index (χ2v) is 7.32. The quantitative estimate of drug-likeness (QED) is 0.595. The summed E-state index contributed by atoms with van der Waals surface area (Å²) in [5, 5.41) is 9.21. The minimum atomic E-state index is -0.641. The van der Waals surface area contributed by atoms with E-state index in [9.17, 15) is 9.90 Å². The first-order chi connectivity index (χ1) is 13.2. The van der Waals surface area contributed by atoms with E-state index < -0.39 is 5.97 Å². The molecule has 1 aliphatic rings. The van der Waals surface area contributed by atoms with E-state index in [1.54, 1.807) is 0 Å². The van der Waals surface area contributed by atoms with Crippen molar-refractivity contribution in [3.8, 4) is 0 Å². The molecule has 0 aromatic heterocycles. The fraction of sp³-hybridized carbons (Fsp3) is 0.375. The van der Waals surface area contributed by atoms with Gasteiger partial charge in [0.15, 0.2) is 0 Å². The molecule has 2 aromatic rings. The van der Waals surface area contributed by atoms with Gasteiger partial charge in [-0.3, -0.25) is 4.79 Å². The van der Waals surface area contributed by atoms with Crippen molar-refractivity contribution in [2.75, 3.05) is 19.6 Å². The Kier molecular flexibility index (Phi) is 9.26. The smallest absolute Gasteiger partial charge is 0.307 e. The summed E-state index contributed by atoms with van der Waals surface area (Å²) in [5.74, 6) is -0.820. The number of carboxylic acid groups (broad SMARTS) is 1. The fourth-order valence-electron chi connectivity index (χ4n) is 3.82. The molecule has 0 spiro atoms. The van der Waals surface area contributed by atoms with Crippen molar-refractivity contribution < 1.29 is 9.90 Å². The second-order valence-electron chi connectivity index (χ2n) is 7.32. The average Bonchev–Trinajstić information content (AvgIpc) is 2.72. The van der Waals surface area contributed by atoms with Gasteiger partial charge in [0.1, 0.15) is 0 Å². The molecule has 3 rings (SSSR count). The van der Waals surface area contributed by atoms with Crippen LogP contribution in [-0.2, 0) is 4.79 Å². The van der Waals surface area contributed by atoms with Crippen LogP contribution in [0.15, 0.2) is 66.7 Å². The van der Waals surface area contributed by atoms with Crippen LogP contribution in [0.1, 0.15) is 43.2 Å². The molecule has 1 N–H and O–H groups in total. The molecule has 1 fully saturated rings. The number of carboxylic acids is 1. The van der Waals surface area contributed by atoms with Gasteiger partial charge < -0.3 is 10.0 Å². The Morgan fingerprint density at radius 1 is 1.00 bits per heavy atom. The summed E-state index contributed by atoms with van der Waals surface area (Å²) in [5.41, 5.74) is 3.80. The van der Waals surface area contributed by atoms with Gasteiger partial charge in [-0.2, -0.15) is 0 Å². The number of hydrogen-bond acceptors (Lipinski definition) is 2. The monoisotopic (exact) mass is 399 g/mol. The molecule has 2 aromatic carbocycles. The number of carbonyl (C=O) groups is 1. The van der Waals surface area contributed by atoms with Gasteiger partial charge in [0.05, 0.1) is 5.92 Å². The molecule has 0 unspecified atom stereocenters. The fourth-order valence-corrected chi connectivity index (χ4v) is 3.82. The number of likely N-dealkylation sites (tertiary alicyclic amines) is 1. The van der Waals surface area contributed by atoms with Crippen LogP contribution in [0.5, 0.6) is 0 Å². The largest absolute Gasteiger partial charge is 0.481 e. The van der Waals surface area contributed by atoms with E-state index in [0.29, 0.717) is 6.54 Å². The highest BCUT2D eigenvalue weighted by Crippen LogP contribution is 2.24. The van der Waals surface area contributed by atoms with E-state index in [-0.39, 0.29) is 18.3 Å². The first-order valence-corrected chi connectivity index (χ1v) is 10.00. The number of benzene rings is 2. The lowest BCUT2D eigenvalue weighted by Crippen LogP contribution is -2.39. The van der Waals surface area contributed by atoms with E-state index in [2.05, 4.69) is 71.6 Å². The molecule has 0 radical (unpaired) electrons. The Hall–Kier alpha value is -2.10. The van der Waals surface area contributed by atoms with Gasteiger partial charge in [-0.15, -0.1) is 12.4 Å². The summed E-state index contributed by atoms with van der Waals surface area (Å²) < 4.78 is 0. The molecular formula is C24H30ClNO2. The summed E-state index contributed by atoms with van der Waals surface area (Å²) in [6, 6.07) is 21.1. The summed E-state index contributed by atoms with van der Waals surface area (Å²) >= 11 is 0. The van der Waals surface area contributed by atoms with Gasteiger partial charge in [0.25, 0.3) is 0 Å². The first kappa shape index (κ1) is 22.2. The zero-order valence-electron chi connectivity index (χ0n) is 16.3. The molecule has 1 saturated heterocycles. The maximum atomic E-state index is 11.2. The highest BCUT2D eigenvalue weighted by atomic mass is 35.5. The minimum Gasteiger partial charge on any atom is -0.481 e. The van der Waals surface area contributed by atoms with Crippen LogP contribution in [0, 0.1) is 5.92 Å². The van der Waals surface area contributed by atoms with Crippen LogP contribution in [0.25, 0.3) is 5.57 Å². The molecule has 28 heavy (non-hydrogen) atoms. The summed E-state index contributed by atoms with van der Waals surface area (Å²) in [6.45, 7) is 2.76. The average molecular weight is 400 g/mol.